The summed E-state index contributed by atoms with van der Waals surface area (Å²) in [6.07, 6.45) is 5.58. The lowest BCUT2D eigenvalue weighted by atomic mass is 9.80. The predicted molar refractivity (Wildman–Crippen MR) is 43.3 cm³/mol. The lowest BCUT2D eigenvalue weighted by Gasteiger charge is -2.28. The number of hydrogen-bond donors (Lipinski definition) is 2. The van der Waals surface area contributed by atoms with Gasteiger partial charge in [0.2, 0.25) is 0 Å². The molecule has 60 valence electrons. The van der Waals surface area contributed by atoms with Crippen molar-refractivity contribution < 1.29 is 0 Å². The number of hydrogen-bond acceptors (Lipinski definition) is 2. The molecular formula is C8H18N2. The molecule has 10 heavy (non-hydrogen) atoms. The van der Waals surface area contributed by atoms with Crippen molar-refractivity contribution in [3.63, 3.8) is 0 Å². The van der Waals surface area contributed by atoms with Gasteiger partial charge in [-0.05, 0) is 18.3 Å². The first-order valence-electron chi connectivity index (χ1n) is 4.28. The van der Waals surface area contributed by atoms with Gasteiger partial charge in [-0.25, -0.2) is 0 Å². The van der Waals surface area contributed by atoms with Gasteiger partial charge >= 0.3 is 0 Å². The lowest BCUT2D eigenvalue weighted by Crippen LogP contribution is -2.33. The third-order valence-corrected chi connectivity index (χ3v) is 2.67. The Hall–Kier alpha value is -0.0800. The van der Waals surface area contributed by atoms with Crippen molar-refractivity contribution in [2.75, 3.05) is 6.54 Å². The SMILES string of the molecule is CC1CCCCC1CNN. The summed E-state index contributed by atoms with van der Waals surface area (Å²) in [7, 11) is 0. The maximum Gasteiger partial charge on any atom is 0.0128 e. The van der Waals surface area contributed by atoms with E-state index in [2.05, 4.69) is 12.3 Å². The highest BCUT2D eigenvalue weighted by Crippen LogP contribution is 2.28. The average Bonchev–Trinajstić information content (AvgIpc) is 1.94. The second-order valence-corrected chi connectivity index (χ2v) is 3.43. The highest BCUT2D eigenvalue weighted by atomic mass is 15.2. The summed E-state index contributed by atoms with van der Waals surface area (Å²) in [5.74, 6) is 6.98. The molecule has 0 aromatic carbocycles. The zero-order valence-corrected chi connectivity index (χ0v) is 6.77. The van der Waals surface area contributed by atoms with Crippen LogP contribution in [0.5, 0.6) is 0 Å². The fourth-order valence-electron chi connectivity index (χ4n) is 1.85. The normalized spacial score (nSPS) is 34.2. The van der Waals surface area contributed by atoms with Crippen LogP contribution < -0.4 is 11.3 Å². The summed E-state index contributed by atoms with van der Waals surface area (Å²) in [5.41, 5.74) is 2.77. The minimum Gasteiger partial charge on any atom is -0.271 e. The van der Waals surface area contributed by atoms with Crippen LogP contribution in [0.3, 0.4) is 0 Å². The Morgan fingerprint density at radius 1 is 1.40 bits per heavy atom. The molecule has 0 aromatic heterocycles. The summed E-state index contributed by atoms with van der Waals surface area (Å²) in [5, 5.41) is 0. The van der Waals surface area contributed by atoms with E-state index in [9.17, 15) is 0 Å². The van der Waals surface area contributed by atoms with E-state index in [-0.39, 0.29) is 0 Å². The fraction of sp³-hybridized carbons (Fsp3) is 1.00. The van der Waals surface area contributed by atoms with Gasteiger partial charge in [-0.1, -0.05) is 26.2 Å². The number of rotatable bonds is 2. The van der Waals surface area contributed by atoms with E-state index in [0.717, 1.165) is 18.4 Å². The van der Waals surface area contributed by atoms with Crippen LogP contribution in [-0.2, 0) is 0 Å². The molecule has 2 nitrogen and oxygen atoms in total. The van der Waals surface area contributed by atoms with E-state index in [1.807, 2.05) is 0 Å². The molecule has 1 aliphatic rings. The first kappa shape index (κ1) is 8.02. The van der Waals surface area contributed by atoms with E-state index in [1.54, 1.807) is 0 Å². The molecule has 1 saturated carbocycles. The highest BCUT2D eigenvalue weighted by Gasteiger charge is 2.19. The maximum absolute atomic E-state index is 5.27. The van der Waals surface area contributed by atoms with Crippen molar-refractivity contribution in [2.45, 2.75) is 32.6 Å². The summed E-state index contributed by atoms with van der Waals surface area (Å²) >= 11 is 0. The van der Waals surface area contributed by atoms with Crippen LogP contribution in [0.1, 0.15) is 32.6 Å². The van der Waals surface area contributed by atoms with E-state index in [4.69, 9.17) is 5.84 Å². The van der Waals surface area contributed by atoms with E-state index >= 15 is 0 Å². The van der Waals surface area contributed by atoms with Crippen LogP contribution in [0, 0.1) is 11.8 Å². The van der Waals surface area contributed by atoms with Gasteiger partial charge in [0.1, 0.15) is 0 Å². The molecule has 0 aliphatic heterocycles. The highest BCUT2D eigenvalue weighted by molar-refractivity contribution is 4.72. The van der Waals surface area contributed by atoms with Crippen molar-refractivity contribution in [1.29, 1.82) is 0 Å². The average molecular weight is 142 g/mol. The Labute approximate surface area is 63.1 Å². The Bertz CT molecular complexity index is 91.3. The van der Waals surface area contributed by atoms with E-state index in [0.29, 0.717) is 0 Å². The van der Waals surface area contributed by atoms with Gasteiger partial charge in [0.25, 0.3) is 0 Å². The Balaban J connectivity index is 2.25. The van der Waals surface area contributed by atoms with Gasteiger partial charge in [-0.15, -0.1) is 0 Å². The zero-order valence-electron chi connectivity index (χ0n) is 6.77. The van der Waals surface area contributed by atoms with Gasteiger partial charge in [0.15, 0.2) is 0 Å². The van der Waals surface area contributed by atoms with Gasteiger partial charge in [-0.3, -0.25) is 11.3 Å². The molecule has 0 aromatic rings. The van der Waals surface area contributed by atoms with Crippen molar-refractivity contribution in [3.8, 4) is 0 Å². The fourth-order valence-corrected chi connectivity index (χ4v) is 1.85. The van der Waals surface area contributed by atoms with Gasteiger partial charge < -0.3 is 0 Å². The molecular weight excluding hydrogens is 124 g/mol. The largest absolute Gasteiger partial charge is 0.271 e. The minimum atomic E-state index is 0.832. The summed E-state index contributed by atoms with van der Waals surface area (Å²) in [6, 6.07) is 0. The molecule has 0 spiro atoms. The first-order chi connectivity index (χ1) is 4.84. The van der Waals surface area contributed by atoms with Crippen LogP contribution in [0.25, 0.3) is 0 Å². The summed E-state index contributed by atoms with van der Waals surface area (Å²) in [6.45, 7) is 3.34. The van der Waals surface area contributed by atoms with Crippen molar-refractivity contribution in [2.24, 2.45) is 17.7 Å². The van der Waals surface area contributed by atoms with Gasteiger partial charge in [0.05, 0.1) is 0 Å². The van der Waals surface area contributed by atoms with Crippen molar-refractivity contribution in [1.82, 2.24) is 5.43 Å². The topological polar surface area (TPSA) is 38.0 Å². The number of nitrogens with one attached hydrogen (secondary N) is 1. The quantitative estimate of drug-likeness (QED) is 0.450. The first-order valence-corrected chi connectivity index (χ1v) is 4.28. The number of nitrogens with two attached hydrogens (primary N) is 1. The van der Waals surface area contributed by atoms with Crippen molar-refractivity contribution in [3.05, 3.63) is 0 Å². The Morgan fingerprint density at radius 2 is 2.10 bits per heavy atom. The molecule has 1 aliphatic carbocycles. The van der Waals surface area contributed by atoms with Crippen LogP contribution in [0.4, 0.5) is 0 Å². The molecule has 0 heterocycles. The molecule has 2 atom stereocenters. The lowest BCUT2D eigenvalue weighted by molar-refractivity contribution is 0.249. The van der Waals surface area contributed by atoms with Crippen LogP contribution in [0.2, 0.25) is 0 Å². The Morgan fingerprint density at radius 3 is 2.70 bits per heavy atom. The van der Waals surface area contributed by atoms with Crippen molar-refractivity contribution >= 4 is 0 Å². The molecule has 0 amide bonds. The second kappa shape index (κ2) is 3.94. The smallest absolute Gasteiger partial charge is 0.0128 e. The van der Waals surface area contributed by atoms with Crippen LogP contribution in [0.15, 0.2) is 0 Å². The van der Waals surface area contributed by atoms with E-state index in [1.165, 1.54) is 25.7 Å². The molecule has 1 rings (SSSR count). The monoisotopic (exact) mass is 142 g/mol. The molecule has 0 bridgehead atoms. The standard InChI is InChI=1S/C8H18N2/c1-7-4-2-3-5-8(7)6-10-9/h7-8,10H,2-6,9H2,1H3. The summed E-state index contributed by atoms with van der Waals surface area (Å²) in [4.78, 5) is 0. The summed E-state index contributed by atoms with van der Waals surface area (Å²) < 4.78 is 0. The Kier molecular flexibility index (Phi) is 3.16. The molecule has 0 radical (unpaired) electrons. The minimum absolute atomic E-state index is 0.832. The molecule has 3 N–H and O–H groups in total. The van der Waals surface area contributed by atoms with E-state index < -0.39 is 0 Å². The maximum atomic E-state index is 5.27. The molecule has 1 fully saturated rings. The second-order valence-electron chi connectivity index (χ2n) is 3.43. The van der Waals surface area contributed by atoms with Crippen LogP contribution in [-0.4, -0.2) is 6.54 Å². The zero-order chi connectivity index (χ0) is 7.40. The van der Waals surface area contributed by atoms with Gasteiger partial charge in [0, 0.05) is 6.54 Å². The third-order valence-electron chi connectivity index (χ3n) is 2.67. The third kappa shape index (κ3) is 1.96. The molecule has 2 heteroatoms. The molecule has 2 unspecified atom stereocenters. The van der Waals surface area contributed by atoms with Crippen LogP contribution >= 0.6 is 0 Å². The predicted octanol–water partition coefficient (Wildman–Crippen LogP) is 1.28. The van der Waals surface area contributed by atoms with Gasteiger partial charge in [-0.2, -0.15) is 0 Å². The number of hydrazine groups is 1. The molecule has 0 saturated heterocycles.